The number of phenolic OH excluding ortho intramolecular Hbond substituents is 1. The number of carbonyl (C=O) groups excluding carboxylic acids is 1. The number of ether oxygens (including phenoxy) is 1. The van der Waals surface area contributed by atoms with Gasteiger partial charge in [0.2, 0.25) is 0 Å². The van der Waals surface area contributed by atoms with Gasteiger partial charge in [0.25, 0.3) is 0 Å². The van der Waals surface area contributed by atoms with E-state index < -0.39 is 5.60 Å². The lowest BCUT2D eigenvalue weighted by Crippen LogP contribution is -2.62. The summed E-state index contributed by atoms with van der Waals surface area (Å²) >= 11 is 0. The predicted octanol–water partition coefficient (Wildman–Crippen LogP) is 4.76. The average Bonchev–Trinajstić information content (AvgIpc) is 2.74. The lowest BCUT2D eigenvalue weighted by molar-refractivity contribution is -0.158. The van der Waals surface area contributed by atoms with Gasteiger partial charge in [0, 0.05) is 31.7 Å². The SMILES string of the molecule is CC1CN2CC(c3ccccc3)N(CC(=O)OC(C)(C)C)CC2C[C@@]1(C)c1cccc(O)c1. The Morgan fingerprint density at radius 1 is 1.09 bits per heavy atom. The molecule has 2 heterocycles. The standard InChI is InChI=1S/C28H38N2O3/c1-20-16-29-18-25(21-10-7-6-8-11-21)30(19-26(32)33-27(2,3)4)17-23(29)15-28(20,5)22-12-9-13-24(31)14-22/h6-14,20,23,25,31H,15-19H2,1-5H3/t20?,23?,25?,28-/m1/s1. The highest BCUT2D eigenvalue weighted by molar-refractivity contribution is 5.72. The molecule has 2 saturated heterocycles. The zero-order valence-electron chi connectivity index (χ0n) is 20.6. The maximum Gasteiger partial charge on any atom is 0.320 e. The van der Waals surface area contributed by atoms with Gasteiger partial charge in [-0.25, -0.2) is 0 Å². The summed E-state index contributed by atoms with van der Waals surface area (Å²) in [7, 11) is 0. The zero-order valence-corrected chi connectivity index (χ0v) is 20.6. The number of rotatable bonds is 4. The lowest BCUT2D eigenvalue weighted by atomic mass is 9.65. The highest BCUT2D eigenvalue weighted by Crippen LogP contribution is 2.45. The van der Waals surface area contributed by atoms with E-state index in [1.165, 1.54) is 11.1 Å². The summed E-state index contributed by atoms with van der Waals surface area (Å²) in [6.07, 6.45) is 0.990. The van der Waals surface area contributed by atoms with Gasteiger partial charge in [0.1, 0.15) is 11.4 Å². The number of hydrogen-bond acceptors (Lipinski definition) is 5. The zero-order chi connectivity index (χ0) is 23.8. The highest BCUT2D eigenvalue weighted by Gasteiger charge is 2.47. The summed E-state index contributed by atoms with van der Waals surface area (Å²) in [6, 6.07) is 18.8. The molecule has 5 nitrogen and oxygen atoms in total. The summed E-state index contributed by atoms with van der Waals surface area (Å²) in [5.41, 5.74) is 1.92. The Morgan fingerprint density at radius 2 is 1.82 bits per heavy atom. The molecular weight excluding hydrogens is 412 g/mol. The summed E-state index contributed by atoms with van der Waals surface area (Å²) in [6.45, 7) is 13.4. The van der Waals surface area contributed by atoms with Crippen LogP contribution >= 0.6 is 0 Å². The van der Waals surface area contributed by atoms with Crippen molar-refractivity contribution in [1.82, 2.24) is 9.80 Å². The normalized spacial score (nSPS) is 28.8. The molecule has 1 N–H and O–H groups in total. The number of hydrogen-bond donors (Lipinski definition) is 1. The number of phenols is 1. The van der Waals surface area contributed by atoms with E-state index in [-0.39, 0.29) is 17.4 Å². The van der Waals surface area contributed by atoms with Gasteiger partial charge in [-0.3, -0.25) is 14.6 Å². The number of piperazine rings is 1. The summed E-state index contributed by atoms with van der Waals surface area (Å²) in [4.78, 5) is 17.7. The van der Waals surface area contributed by atoms with Gasteiger partial charge in [-0.05, 0) is 61.8 Å². The minimum atomic E-state index is -0.491. The first-order chi connectivity index (χ1) is 15.5. The number of fused-ring (bicyclic) bond motifs is 1. The third kappa shape index (κ3) is 5.25. The van der Waals surface area contributed by atoms with Crippen molar-refractivity contribution in [3.05, 3.63) is 65.7 Å². The molecule has 0 saturated carbocycles. The van der Waals surface area contributed by atoms with Crippen molar-refractivity contribution in [3.63, 3.8) is 0 Å². The molecule has 0 spiro atoms. The number of piperidine rings is 1. The molecule has 2 aliphatic rings. The molecule has 4 rings (SSSR count). The Labute approximate surface area is 198 Å². The Hall–Kier alpha value is -2.37. The van der Waals surface area contributed by atoms with Crippen molar-refractivity contribution in [3.8, 4) is 5.75 Å². The third-order valence-corrected chi connectivity index (χ3v) is 7.51. The van der Waals surface area contributed by atoms with Crippen LogP contribution in [0, 0.1) is 5.92 Å². The fourth-order valence-electron chi connectivity index (χ4n) is 5.63. The van der Waals surface area contributed by atoms with E-state index in [1.54, 1.807) is 6.07 Å². The van der Waals surface area contributed by atoms with Gasteiger partial charge in [-0.1, -0.05) is 56.3 Å². The molecule has 33 heavy (non-hydrogen) atoms. The molecule has 2 aliphatic heterocycles. The molecule has 5 heteroatoms. The first-order valence-corrected chi connectivity index (χ1v) is 12.1. The summed E-state index contributed by atoms with van der Waals surface area (Å²) in [5.74, 6) is 0.601. The first-order valence-electron chi connectivity index (χ1n) is 12.1. The molecule has 2 fully saturated rings. The van der Waals surface area contributed by atoms with E-state index in [2.05, 4.69) is 54.0 Å². The van der Waals surface area contributed by atoms with Crippen LogP contribution in [0.4, 0.5) is 0 Å². The van der Waals surface area contributed by atoms with Gasteiger partial charge in [-0.2, -0.15) is 0 Å². The average molecular weight is 451 g/mol. The maximum atomic E-state index is 12.8. The molecule has 2 aromatic rings. The monoisotopic (exact) mass is 450 g/mol. The molecule has 178 valence electrons. The molecule has 0 aromatic heterocycles. The molecular formula is C28H38N2O3. The minimum Gasteiger partial charge on any atom is -0.508 e. The quantitative estimate of drug-likeness (QED) is 0.681. The Kier molecular flexibility index (Phi) is 6.56. The van der Waals surface area contributed by atoms with Crippen molar-refractivity contribution in [2.45, 2.75) is 64.1 Å². The topological polar surface area (TPSA) is 53.0 Å². The molecule has 3 unspecified atom stereocenters. The molecule has 0 aliphatic carbocycles. The van der Waals surface area contributed by atoms with Gasteiger partial charge < -0.3 is 9.84 Å². The second-order valence-corrected chi connectivity index (χ2v) is 11.1. The van der Waals surface area contributed by atoms with Crippen LogP contribution < -0.4 is 0 Å². The largest absolute Gasteiger partial charge is 0.508 e. The van der Waals surface area contributed by atoms with Crippen molar-refractivity contribution in [2.24, 2.45) is 5.92 Å². The van der Waals surface area contributed by atoms with E-state index in [4.69, 9.17) is 4.74 Å². The van der Waals surface area contributed by atoms with Crippen LogP contribution in [-0.2, 0) is 14.9 Å². The van der Waals surface area contributed by atoms with Gasteiger partial charge in [-0.15, -0.1) is 0 Å². The smallest absolute Gasteiger partial charge is 0.320 e. The predicted molar refractivity (Wildman–Crippen MR) is 131 cm³/mol. The fraction of sp³-hybridized carbons (Fsp3) is 0.536. The molecule has 0 radical (unpaired) electrons. The molecule has 2 aromatic carbocycles. The summed E-state index contributed by atoms with van der Waals surface area (Å²) < 4.78 is 5.68. The number of esters is 1. The van der Waals surface area contributed by atoms with Crippen molar-refractivity contribution >= 4 is 5.97 Å². The van der Waals surface area contributed by atoms with Crippen molar-refractivity contribution < 1.29 is 14.6 Å². The highest BCUT2D eigenvalue weighted by atomic mass is 16.6. The second kappa shape index (κ2) is 9.11. The number of nitrogens with zero attached hydrogens (tertiary/aromatic N) is 2. The maximum absolute atomic E-state index is 12.8. The van der Waals surface area contributed by atoms with Gasteiger partial charge >= 0.3 is 5.97 Å². The van der Waals surface area contributed by atoms with E-state index in [0.717, 1.165) is 26.1 Å². The van der Waals surface area contributed by atoms with Crippen molar-refractivity contribution in [1.29, 1.82) is 0 Å². The molecule has 0 bridgehead atoms. The van der Waals surface area contributed by atoms with Crippen LogP contribution in [0.3, 0.4) is 0 Å². The molecule has 0 amide bonds. The van der Waals surface area contributed by atoms with E-state index in [0.29, 0.717) is 24.3 Å². The van der Waals surface area contributed by atoms with Crippen LogP contribution in [0.15, 0.2) is 54.6 Å². The molecule has 4 atom stereocenters. The van der Waals surface area contributed by atoms with Crippen LogP contribution in [-0.4, -0.2) is 58.7 Å². The van der Waals surface area contributed by atoms with E-state index in [9.17, 15) is 9.90 Å². The number of carbonyl (C=O) groups is 1. The van der Waals surface area contributed by atoms with Crippen LogP contribution in [0.1, 0.15) is 58.2 Å². The Balaban J connectivity index is 1.59. The third-order valence-electron chi connectivity index (χ3n) is 7.51. The van der Waals surface area contributed by atoms with Crippen LogP contribution in [0.25, 0.3) is 0 Å². The van der Waals surface area contributed by atoms with Crippen molar-refractivity contribution in [2.75, 3.05) is 26.2 Å². The van der Waals surface area contributed by atoms with Crippen LogP contribution in [0.2, 0.25) is 0 Å². The van der Waals surface area contributed by atoms with Crippen LogP contribution in [0.5, 0.6) is 5.75 Å². The van der Waals surface area contributed by atoms with Gasteiger partial charge in [0.05, 0.1) is 6.54 Å². The second-order valence-electron chi connectivity index (χ2n) is 11.1. The summed E-state index contributed by atoms with van der Waals surface area (Å²) in [5, 5.41) is 10.1. The fourth-order valence-corrected chi connectivity index (χ4v) is 5.63. The lowest BCUT2D eigenvalue weighted by Gasteiger charge is -2.55. The van der Waals surface area contributed by atoms with Gasteiger partial charge in [0.15, 0.2) is 0 Å². The Bertz CT molecular complexity index is 971. The Morgan fingerprint density at radius 3 is 2.48 bits per heavy atom. The van der Waals surface area contributed by atoms with E-state index in [1.807, 2.05) is 39.0 Å². The number of aromatic hydroxyl groups is 1. The van der Waals surface area contributed by atoms with E-state index >= 15 is 0 Å². The first kappa shape index (κ1) is 23.8. The minimum absolute atomic E-state index is 0.0307. The number of benzene rings is 2.